The SMILES string of the molecule is CO/N=C(/C(=O)N[C@@H]1C(=O)N2C(C(=O)O)=C(CSc3n[nH]c(-c4ccccc4)n3)CSC12)c1csc(N)n1. The lowest BCUT2D eigenvalue weighted by atomic mass is 10.0. The van der Waals surface area contributed by atoms with Crippen LogP contribution in [0.2, 0.25) is 0 Å². The zero-order chi connectivity index (χ0) is 26.8. The number of carbonyl (C=O) groups excluding carboxylic acids is 2. The summed E-state index contributed by atoms with van der Waals surface area (Å²) in [7, 11) is 1.28. The maximum Gasteiger partial charge on any atom is 0.352 e. The molecule has 0 saturated carbocycles. The van der Waals surface area contributed by atoms with E-state index in [0.717, 1.165) is 16.9 Å². The highest BCUT2D eigenvalue weighted by atomic mass is 32.2. The van der Waals surface area contributed by atoms with E-state index >= 15 is 0 Å². The van der Waals surface area contributed by atoms with Crippen LogP contribution >= 0.6 is 34.9 Å². The van der Waals surface area contributed by atoms with Crippen molar-refractivity contribution in [3.63, 3.8) is 0 Å². The second kappa shape index (κ2) is 10.8. The number of thiazole rings is 1. The number of anilines is 1. The molecule has 5 N–H and O–H groups in total. The number of nitrogens with zero attached hydrogens (tertiary/aromatic N) is 5. The summed E-state index contributed by atoms with van der Waals surface area (Å²) < 4.78 is 0. The standard InChI is InChI=1S/C22H20N8O5S3/c1-35-29-13(12-9-37-21(23)24-12)17(31)25-14-18(32)30-15(20(33)34)11(7-36-19(14)30)8-38-22-26-16(27-28-22)10-5-3-2-4-6-10/h2-6,9,14,19H,7-8H2,1H3,(H2,23,24)(H,25,31)(H,33,34)(H,26,27,28)/b29-13+/t14-,19?/m1/s1. The number of hydrogen-bond acceptors (Lipinski definition) is 12. The van der Waals surface area contributed by atoms with Gasteiger partial charge in [0.1, 0.15) is 29.9 Å². The Morgan fingerprint density at radius 3 is 2.82 bits per heavy atom. The molecule has 0 aliphatic carbocycles. The lowest BCUT2D eigenvalue weighted by molar-refractivity contribution is -0.150. The number of fused-ring (bicyclic) bond motifs is 1. The van der Waals surface area contributed by atoms with Crippen LogP contribution < -0.4 is 11.1 Å². The number of aromatic nitrogens is 4. The number of aromatic amines is 1. The third kappa shape index (κ3) is 4.97. The molecule has 2 amide bonds. The van der Waals surface area contributed by atoms with Crippen molar-refractivity contribution in [1.82, 2.24) is 30.4 Å². The number of benzene rings is 1. The number of β-lactam (4-membered cyclic amide) rings is 1. The summed E-state index contributed by atoms with van der Waals surface area (Å²) in [5.41, 5.74) is 7.07. The summed E-state index contributed by atoms with van der Waals surface area (Å²) in [4.78, 5) is 52.5. The molecule has 2 atom stereocenters. The fourth-order valence-corrected chi connectivity index (χ4v) is 6.72. The first-order valence-corrected chi connectivity index (χ1v) is 13.9. The number of carboxylic acid groups (broad SMARTS) is 1. The third-order valence-electron chi connectivity index (χ3n) is 5.59. The van der Waals surface area contributed by atoms with E-state index in [-0.39, 0.29) is 28.0 Å². The summed E-state index contributed by atoms with van der Waals surface area (Å²) in [5, 5.41) is 25.0. The number of thioether (sulfide) groups is 2. The van der Waals surface area contributed by atoms with E-state index in [1.54, 1.807) is 5.38 Å². The highest BCUT2D eigenvalue weighted by molar-refractivity contribution is 8.01. The van der Waals surface area contributed by atoms with Crippen LogP contribution in [0.25, 0.3) is 11.4 Å². The van der Waals surface area contributed by atoms with Gasteiger partial charge in [-0.25, -0.2) is 14.8 Å². The smallest absolute Gasteiger partial charge is 0.352 e. The Kier molecular flexibility index (Phi) is 7.35. The molecule has 4 heterocycles. The van der Waals surface area contributed by atoms with E-state index in [4.69, 9.17) is 10.6 Å². The van der Waals surface area contributed by atoms with Gasteiger partial charge >= 0.3 is 5.97 Å². The van der Waals surface area contributed by atoms with Crippen LogP contribution in [-0.2, 0) is 19.2 Å². The third-order valence-corrected chi connectivity index (χ3v) is 8.53. The second-order valence-corrected chi connectivity index (χ2v) is 10.9. The second-order valence-electron chi connectivity index (χ2n) is 7.93. The number of hydrogen-bond donors (Lipinski definition) is 4. The molecule has 5 rings (SSSR count). The molecule has 1 fully saturated rings. The van der Waals surface area contributed by atoms with Gasteiger partial charge in [-0.05, 0) is 5.57 Å². The molecule has 13 nitrogen and oxygen atoms in total. The molecule has 196 valence electrons. The number of rotatable bonds is 9. The van der Waals surface area contributed by atoms with Crippen molar-refractivity contribution in [3.8, 4) is 11.4 Å². The average molecular weight is 573 g/mol. The maximum atomic E-state index is 13.0. The summed E-state index contributed by atoms with van der Waals surface area (Å²) in [6, 6.07) is 8.56. The lowest BCUT2D eigenvalue weighted by Gasteiger charge is -2.49. The van der Waals surface area contributed by atoms with Crippen molar-refractivity contribution in [3.05, 3.63) is 52.7 Å². The normalized spacial score (nSPS) is 19.1. The van der Waals surface area contributed by atoms with E-state index in [1.807, 2.05) is 30.3 Å². The molecule has 38 heavy (non-hydrogen) atoms. The van der Waals surface area contributed by atoms with Crippen molar-refractivity contribution >= 4 is 63.5 Å². The molecule has 2 aliphatic rings. The summed E-state index contributed by atoms with van der Waals surface area (Å²) in [6.45, 7) is 0. The van der Waals surface area contributed by atoms with Gasteiger partial charge in [0.05, 0.1) is 0 Å². The summed E-state index contributed by atoms with van der Waals surface area (Å²) >= 11 is 3.76. The first kappa shape index (κ1) is 25.7. The molecule has 1 aromatic carbocycles. The van der Waals surface area contributed by atoms with E-state index < -0.39 is 29.2 Å². The predicted octanol–water partition coefficient (Wildman–Crippen LogP) is 1.39. The van der Waals surface area contributed by atoms with Crippen LogP contribution in [0.15, 0.2) is 57.3 Å². The Balaban J connectivity index is 1.28. The Morgan fingerprint density at radius 1 is 1.34 bits per heavy atom. The Labute approximate surface area is 227 Å². The number of nitrogen functional groups attached to an aromatic ring is 1. The number of nitrogens with one attached hydrogen (secondary N) is 2. The van der Waals surface area contributed by atoms with Crippen LogP contribution in [0.1, 0.15) is 5.69 Å². The van der Waals surface area contributed by atoms with Gasteiger partial charge in [-0.3, -0.25) is 19.6 Å². The molecule has 1 saturated heterocycles. The molecule has 3 aromatic rings. The molecule has 2 aliphatic heterocycles. The van der Waals surface area contributed by atoms with Crippen LogP contribution in [0.5, 0.6) is 0 Å². The highest BCUT2D eigenvalue weighted by Crippen LogP contribution is 2.41. The van der Waals surface area contributed by atoms with Gasteiger partial charge in [-0.15, -0.1) is 28.2 Å². The number of carbonyl (C=O) groups is 3. The number of amides is 2. The quantitative estimate of drug-likeness (QED) is 0.125. The minimum atomic E-state index is -1.22. The zero-order valence-electron chi connectivity index (χ0n) is 19.7. The summed E-state index contributed by atoms with van der Waals surface area (Å²) in [6.07, 6.45) is 0. The van der Waals surface area contributed by atoms with Gasteiger partial charge in [-0.1, -0.05) is 47.2 Å². The fraction of sp³-hybridized carbons (Fsp3) is 0.227. The zero-order valence-corrected chi connectivity index (χ0v) is 22.1. The first-order valence-electron chi connectivity index (χ1n) is 11.0. The molecule has 1 unspecified atom stereocenters. The van der Waals surface area contributed by atoms with Gasteiger partial charge in [0.25, 0.3) is 11.8 Å². The molecular weight excluding hydrogens is 552 g/mol. The van der Waals surface area contributed by atoms with Gasteiger partial charge in [0, 0.05) is 22.4 Å². The largest absolute Gasteiger partial charge is 0.477 e. The maximum absolute atomic E-state index is 13.0. The van der Waals surface area contributed by atoms with Gasteiger partial charge in [-0.2, -0.15) is 0 Å². The van der Waals surface area contributed by atoms with E-state index in [9.17, 15) is 19.5 Å². The predicted molar refractivity (Wildman–Crippen MR) is 142 cm³/mol. The molecule has 0 spiro atoms. The Hall–Kier alpha value is -3.89. The number of aliphatic carboxylic acids is 1. The molecule has 16 heteroatoms. The number of H-pyrrole nitrogens is 1. The van der Waals surface area contributed by atoms with Crippen molar-refractivity contribution in [2.45, 2.75) is 16.6 Å². The topological polar surface area (TPSA) is 189 Å². The molecule has 0 radical (unpaired) electrons. The lowest BCUT2D eigenvalue weighted by Crippen LogP contribution is -2.71. The fourth-order valence-electron chi connectivity index (χ4n) is 3.88. The number of oxime groups is 1. The molecule has 2 aromatic heterocycles. The minimum Gasteiger partial charge on any atom is -0.477 e. The van der Waals surface area contributed by atoms with Gasteiger partial charge < -0.3 is 21.0 Å². The van der Waals surface area contributed by atoms with Crippen LogP contribution in [0, 0.1) is 0 Å². The van der Waals surface area contributed by atoms with Crippen LogP contribution in [0.3, 0.4) is 0 Å². The van der Waals surface area contributed by atoms with E-state index in [2.05, 4.69) is 30.6 Å². The van der Waals surface area contributed by atoms with E-state index in [0.29, 0.717) is 22.3 Å². The van der Waals surface area contributed by atoms with Gasteiger partial charge in [0.15, 0.2) is 16.7 Å². The minimum absolute atomic E-state index is 0.0892. The average Bonchev–Trinajstić information content (AvgIpc) is 3.58. The van der Waals surface area contributed by atoms with E-state index in [1.165, 1.54) is 35.5 Å². The van der Waals surface area contributed by atoms with Crippen molar-refractivity contribution < 1.29 is 24.3 Å². The van der Waals surface area contributed by atoms with Crippen LogP contribution in [0.4, 0.5) is 5.13 Å². The van der Waals surface area contributed by atoms with Crippen molar-refractivity contribution in [1.29, 1.82) is 0 Å². The van der Waals surface area contributed by atoms with Gasteiger partial charge in [0.2, 0.25) is 5.16 Å². The molecule has 0 bridgehead atoms. The first-order chi connectivity index (χ1) is 18.4. The Bertz CT molecular complexity index is 1450. The summed E-state index contributed by atoms with van der Waals surface area (Å²) in [5.74, 6) is -1.20. The Morgan fingerprint density at radius 2 is 2.13 bits per heavy atom. The van der Waals surface area contributed by atoms with Crippen molar-refractivity contribution in [2.24, 2.45) is 5.16 Å². The van der Waals surface area contributed by atoms with Crippen LogP contribution in [-0.4, -0.2) is 83.7 Å². The number of nitrogens with two attached hydrogens (primary N) is 1. The number of carboxylic acids is 1. The highest BCUT2D eigenvalue weighted by Gasteiger charge is 2.54. The monoisotopic (exact) mass is 572 g/mol. The van der Waals surface area contributed by atoms with Crippen molar-refractivity contribution in [2.75, 3.05) is 24.3 Å². The molecular formula is C22H20N8O5S3.